The van der Waals surface area contributed by atoms with Crippen molar-refractivity contribution in [3.63, 3.8) is 0 Å². The zero-order valence-electron chi connectivity index (χ0n) is 29.8. The van der Waals surface area contributed by atoms with Gasteiger partial charge in [-0.05, 0) is 53.2 Å². The monoisotopic (exact) mass is 700 g/mol. The second kappa shape index (κ2) is 13.7. The van der Waals surface area contributed by atoms with Crippen molar-refractivity contribution < 1.29 is 38.1 Å². The summed E-state index contributed by atoms with van der Waals surface area (Å²) in [6, 6.07) is 3.93. The fourth-order valence-electron chi connectivity index (χ4n) is 7.44. The van der Waals surface area contributed by atoms with Crippen LogP contribution in [0.2, 0.25) is 0 Å². The largest absolute Gasteiger partial charge is 0.449 e. The van der Waals surface area contributed by atoms with E-state index in [4.69, 9.17) is 9.47 Å². The van der Waals surface area contributed by atoms with Crippen molar-refractivity contribution in [2.75, 3.05) is 19.3 Å². The molecule has 6 atom stereocenters. The summed E-state index contributed by atoms with van der Waals surface area (Å²) in [6.45, 7) is 15.8. The minimum atomic E-state index is -3.82. The van der Waals surface area contributed by atoms with Gasteiger partial charge in [0.2, 0.25) is 19.2 Å². The fraction of sp³-hybridized carbons (Fsp3) is 0.667. The molecule has 0 aromatic heterocycles. The van der Waals surface area contributed by atoms with Crippen molar-refractivity contribution >= 4 is 31.4 Å². The van der Waals surface area contributed by atoms with Crippen LogP contribution in [0.3, 0.4) is 0 Å². The Hall–Kier alpha value is -3.37. The number of benzene rings is 1. The van der Waals surface area contributed by atoms with Crippen LogP contribution in [0.25, 0.3) is 0 Å². The van der Waals surface area contributed by atoms with E-state index in [0.29, 0.717) is 13.1 Å². The van der Waals surface area contributed by atoms with Crippen molar-refractivity contribution in [1.29, 1.82) is 0 Å². The van der Waals surface area contributed by atoms with Crippen LogP contribution < -0.4 is 10.6 Å². The van der Waals surface area contributed by atoms with Crippen LogP contribution >= 0.6 is 7.37 Å². The molecule has 1 saturated heterocycles. The first-order chi connectivity index (χ1) is 22.9. The molecule has 4 bridgehead atoms. The van der Waals surface area contributed by atoms with Crippen molar-refractivity contribution in [2.24, 2.45) is 16.7 Å². The van der Waals surface area contributed by atoms with Gasteiger partial charge < -0.3 is 29.9 Å². The zero-order valence-corrected chi connectivity index (χ0v) is 30.6. The minimum absolute atomic E-state index is 0.0124. The maximum absolute atomic E-state index is 14.4. The first-order valence-corrected chi connectivity index (χ1v) is 19.3. The highest BCUT2D eigenvalue weighted by Crippen LogP contribution is 2.69. The fourth-order valence-corrected chi connectivity index (χ4v) is 9.39. The third-order valence-corrected chi connectivity index (χ3v) is 13.4. The molecule has 4 amide bonds. The van der Waals surface area contributed by atoms with Gasteiger partial charge in [-0.15, -0.1) is 6.58 Å². The Morgan fingerprint density at radius 1 is 1.18 bits per heavy atom. The van der Waals surface area contributed by atoms with Crippen LogP contribution in [0.15, 0.2) is 30.9 Å². The van der Waals surface area contributed by atoms with Gasteiger partial charge in [0, 0.05) is 31.6 Å². The van der Waals surface area contributed by atoms with Crippen molar-refractivity contribution in [3.8, 4) is 0 Å². The summed E-state index contributed by atoms with van der Waals surface area (Å²) in [5, 5.41) is 4.21. The lowest BCUT2D eigenvalue weighted by Crippen LogP contribution is -2.58. The third kappa shape index (κ3) is 7.70. The molecular formula is C36H53N4O8P. The van der Waals surface area contributed by atoms with Gasteiger partial charge in [0.1, 0.15) is 23.5 Å². The molecule has 1 aliphatic carbocycles. The Morgan fingerprint density at radius 3 is 2.55 bits per heavy atom. The number of ether oxygens (including phenoxy) is 2. The number of amides is 4. The van der Waals surface area contributed by atoms with E-state index in [1.807, 2.05) is 26.0 Å². The van der Waals surface area contributed by atoms with Gasteiger partial charge in [0.25, 0.3) is 0 Å². The molecular weight excluding hydrogens is 647 g/mol. The molecule has 1 aromatic rings. The maximum atomic E-state index is 14.4. The molecule has 3 heterocycles. The number of nitrogens with one attached hydrogen (secondary N) is 2. The first kappa shape index (κ1) is 36.9. The average molecular weight is 701 g/mol. The molecule has 1 saturated carbocycles. The highest BCUT2D eigenvalue weighted by Gasteiger charge is 2.65. The van der Waals surface area contributed by atoms with Crippen LogP contribution in [0, 0.1) is 16.7 Å². The number of carbonyl (C=O) groups excluding carboxylic acids is 4. The lowest BCUT2D eigenvalue weighted by Gasteiger charge is -2.36. The summed E-state index contributed by atoms with van der Waals surface area (Å²) in [7, 11) is -3.82. The van der Waals surface area contributed by atoms with Crippen molar-refractivity contribution in [3.05, 3.63) is 47.5 Å². The Morgan fingerprint density at radius 2 is 1.90 bits per heavy atom. The van der Waals surface area contributed by atoms with Gasteiger partial charge in [0.05, 0.1) is 13.2 Å². The molecule has 0 radical (unpaired) electrons. The number of hydrogen-bond donors (Lipinski definition) is 3. The van der Waals surface area contributed by atoms with Crippen molar-refractivity contribution in [1.82, 2.24) is 20.4 Å². The van der Waals surface area contributed by atoms with Crippen LogP contribution in [-0.4, -0.2) is 81.5 Å². The quantitative estimate of drug-likeness (QED) is 0.276. The summed E-state index contributed by atoms with van der Waals surface area (Å²) in [5.74, 6) is -1.55. The highest BCUT2D eigenvalue weighted by atomic mass is 31.2. The van der Waals surface area contributed by atoms with Crippen LogP contribution in [0.1, 0.15) is 90.3 Å². The van der Waals surface area contributed by atoms with Gasteiger partial charge >= 0.3 is 12.2 Å². The lowest BCUT2D eigenvalue weighted by atomic mass is 9.85. The van der Waals surface area contributed by atoms with Gasteiger partial charge in [0.15, 0.2) is 0 Å². The maximum Gasteiger partial charge on any atom is 0.410 e. The van der Waals surface area contributed by atoms with E-state index in [2.05, 4.69) is 23.3 Å². The van der Waals surface area contributed by atoms with Crippen LogP contribution in [0.5, 0.6) is 0 Å². The first-order valence-electron chi connectivity index (χ1n) is 17.5. The number of fused-ring (bicyclic) bond motifs is 3. The molecule has 0 spiro atoms. The number of rotatable bonds is 5. The molecule has 5 rings (SSSR count). The molecule has 2 fully saturated rings. The summed E-state index contributed by atoms with van der Waals surface area (Å²) < 4.78 is 24.9. The molecule has 4 aliphatic rings. The summed E-state index contributed by atoms with van der Waals surface area (Å²) in [4.78, 5) is 69.1. The second-order valence-corrected chi connectivity index (χ2v) is 18.9. The number of carbonyl (C=O) groups is 4. The molecule has 270 valence electrons. The second-order valence-electron chi connectivity index (χ2n) is 16.0. The smallest absolute Gasteiger partial charge is 0.410 e. The van der Waals surface area contributed by atoms with Crippen molar-refractivity contribution in [2.45, 2.75) is 117 Å². The molecule has 3 aliphatic heterocycles. The Balaban J connectivity index is 1.46. The SMILES string of the molecule is C=C[C@H]1C[C@]1(NC(=O)[C@@H]1C[C@@H]2CN1C(=O)[C@H](C(C)(C)C)NC(=O)OCC(C)(C)CCCCc1cccc3c1CN(C3)C(=O)O2)P(=O)(O)CC. The van der Waals surface area contributed by atoms with Crippen LogP contribution in [-0.2, 0) is 43.1 Å². The van der Waals surface area contributed by atoms with Gasteiger partial charge in [-0.1, -0.05) is 72.2 Å². The van der Waals surface area contributed by atoms with E-state index in [0.717, 1.165) is 36.8 Å². The predicted octanol–water partition coefficient (Wildman–Crippen LogP) is 5.31. The Kier molecular flexibility index (Phi) is 10.3. The number of alkyl carbamates (subject to hydrolysis) is 1. The zero-order chi connectivity index (χ0) is 35.9. The Labute approximate surface area is 289 Å². The Bertz CT molecular complexity index is 1540. The highest BCUT2D eigenvalue weighted by molar-refractivity contribution is 7.60. The van der Waals surface area contributed by atoms with Crippen LogP contribution in [0.4, 0.5) is 9.59 Å². The molecule has 13 heteroatoms. The summed E-state index contributed by atoms with van der Waals surface area (Å²) >= 11 is 0. The van der Waals surface area contributed by atoms with E-state index >= 15 is 0 Å². The number of cyclic esters (lactones) is 1. The topological polar surface area (TPSA) is 155 Å². The van der Waals surface area contributed by atoms with E-state index in [1.165, 1.54) is 10.5 Å². The molecule has 3 N–H and O–H groups in total. The standard InChI is InChI=1S/C36H53N4O8P/c1-8-25-18-36(25,49(45,46)9-2)38-30(41)28-17-26-20-40(28)31(42)29(34(3,4)5)37-32(43)47-22-35(6,7)16-11-10-13-23-14-12-15-24-19-39(21-27(23)24)33(44)48-26/h8,12,14-15,25-26,28-29H,1,9-11,13,16-22H2,2-7H3,(H,37,43)(H,38,41)(H,45,46)/t25-,26+,28-,29+,36-/m0/s1. The molecule has 49 heavy (non-hydrogen) atoms. The average Bonchev–Trinajstić information content (AvgIpc) is 3.35. The molecule has 1 aromatic carbocycles. The van der Waals surface area contributed by atoms with Gasteiger partial charge in [-0.25, -0.2) is 9.59 Å². The van der Waals surface area contributed by atoms with E-state index in [-0.39, 0.29) is 37.6 Å². The molecule has 1 unspecified atom stereocenters. The van der Waals surface area contributed by atoms with E-state index in [9.17, 15) is 28.6 Å². The van der Waals surface area contributed by atoms with E-state index < -0.39 is 66.2 Å². The number of nitrogens with zero attached hydrogens (tertiary/aromatic N) is 2. The normalized spacial score (nSPS) is 30.4. The summed E-state index contributed by atoms with van der Waals surface area (Å²) in [6.07, 6.45) is 3.22. The number of hydrogen-bond acceptors (Lipinski definition) is 7. The lowest BCUT2D eigenvalue weighted by molar-refractivity contribution is -0.142. The minimum Gasteiger partial charge on any atom is -0.449 e. The predicted molar refractivity (Wildman–Crippen MR) is 185 cm³/mol. The van der Waals surface area contributed by atoms with Gasteiger partial charge in [-0.3, -0.25) is 19.1 Å². The third-order valence-electron chi connectivity index (χ3n) is 10.6. The summed E-state index contributed by atoms with van der Waals surface area (Å²) in [5.41, 5.74) is 2.31. The van der Waals surface area contributed by atoms with E-state index in [1.54, 1.807) is 38.7 Å². The van der Waals surface area contributed by atoms with Gasteiger partial charge in [-0.2, -0.15) is 0 Å². The number of aryl methyl sites for hydroxylation is 1. The molecule has 12 nitrogen and oxygen atoms in total.